The number of hydrogen-bond acceptors (Lipinski definition) is 5. The van der Waals surface area contributed by atoms with Crippen LogP contribution in [-0.4, -0.2) is 53.7 Å². The molecule has 1 aromatic carbocycles. The molecule has 1 amide bonds. The Balaban J connectivity index is 1.67. The molecule has 1 atom stereocenters. The Morgan fingerprint density at radius 2 is 2.04 bits per heavy atom. The third-order valence-electron chi connectivity index (χ3n) is 4.70. The number of carbonyl (C=O) groups is 1. The zero-order chi connectivity index (χ0) is 18.4. The van der Waals surface area contributed by atoms with Gasteiger partial charge in [-0.05, 0) is 37.5 Å². The van der Waals surface area contributed by atoms with Crippen molar-refractivity contribution in [3.05, 3.63) is 59.2 Å². The normalized spacial score (nSPS) is 17.3. The van der Waals surface area contributed by atoms with Crippen LogP contribution in [-0.2, 0) is 22.5 Å². The molecule has 0 radical (unpaired) electrons. The molecule has 0 spiro atoms. The van der Waals surface area contributed by atoms with E-state index < -0.39 is 0 Å². The Morgan fingerprint density at radius 1 is 1.27 bits per heavy atom. The fourth-order valence-electron chi connectivity index (χ4n) is 3.22. The van der Waals surface area contributed by atoms with Crippen LogP contribution in [0.25, 0.3) is 0 Å². The minimum Gasteiger partial charge on any atom is -0.380 e. The second-order valence-corrected chi connectivity index (χ2v) is 6.48. The zero-order valence-electron chi connectivity index (χ0n) is 15.4. The van der Waals surface area contributed by atoms with Gasteiger partial charge < -0.3 is 14.4 Å². The van der Waals surface area contributed by atoms with Crippen LogP contribution in [0.5, 0.6) is 0 Å². The van der Waals surface area contributed by atoms with Crippen LogP contribution in [0.3, 0.4) is 0 Å². The molecule has 1 saturated heterocycles. The van der Waals surface area contributed by atoms with Gasteiger partial charge in [-0.2, -0.15) is 0 Å². The maximum atomic E-state index is 13.0. The summed E-state index contributed by atoms with van der Waals surface area (Å²) in [6.45, 7) is 4.26. The summed E-state index contributed by atoms with van der Waals surface area (Å²) in [5.41, 5.74) is 3.68. The van der Waals surface area contributed by atoms with Gasteiger partial charge in [-0.3, -0.25) is 14.8 Å². The van der Waals surface area contributed by atoms with E-state index in [1.807, 2.05) is 36.1 Å². The number of hydrogen-bond donors (Lipinski definition) is 0. The number of benzene rings is 1. The molecule has 2 aromatic rings. The highest BCUT2D eigenvalue weighted by molar-refractivity contribution is 5.94. The maximum Gasteiger partial charge on any atom is 0.254 e. The van der Waals surface area contributed by atoms with E-state index in [-0.39, 0.29) is 11.9 Å². The molecule has 0 bridgehead atoms. The first-order valence-corrected chi connectivity index (χ1v) is 8.92. The number of morpholine rings is 1. The Labute approximate surface area is 154 Å². The number of aromatic nitrogens is 2. The monoisotopic (exact) mass is 355 g/mol. The number of amides is 1. The summed E-state index contributed by atoms with van der Waals surface area (Å²) in [6, 6.07) is 7.67. The van der Waals surface area contributed by atoms with E-state index >= 15 is 0 Å². The Hall–Kier alpha value is -2.31. The van der Waals surface area contributed by atoms with Gasteiger partial charge in [-0.1, -0.05) is 12.1 Å². The van der Waals surface area contributed by atoms with Gasteiger partial charge in [0.1, 0.15) is 0 Å². The fraction of sp³-hybridized carbons (Fsp3) is 0.450. The van der Waals surface area contributed by atoms with Crippen LogP contribution < -0.4 is 0 Å². The van der Waals surface area contributed by atoms with Crippen molar-refractivity contribution in [1.82, 2.24) is 14.9 Å². The Bertz CT molecular complexity index is 733. The van der Waals surface area contributed by atoms with Crippen molar-refractivity contribution in [3.63, 3.8) is 0 Å². The molecule has 2 heterocycles. The van der Waals surface area contributed by atoms with Gasteiger partial charge in [0.25, 0.3) is 5.91 Å². The minimum absolute atomic E-state index is 0.0521. The van der Waals surface area contributed by atoms with E-state index in [0.717, 1.165) is 29.8 Å². The molecular formula is C20H25N3O3. The van der Waals surface area contributed by atoms with Crippen LogP contribution in [0.1, 0.15) is 33.7 Å². The predicted octanol–water partition coefficient (Wildman–Crippen LogP) is 2.41. The van der Waals surface area contributed by atoms with Crippen LogP contribution in [0.15, 0.2) is 36.7 Å². The first-order chi connectivity index (χ1) is 12.7. The van der Waals surface area contributed by atoms with Crippen molar-refractivity contribution >= 4 is 5.91 Å². The van der Waals surface area contributed by atoms with E-state index in [2.05, 4.69) is 9.97 Å². The highest BCUT2D eigenvalue weighted by atomic mass is 16.5. The third kappa shape index (κ3) is 4.45. The molecule has 0 saturated carbocycles. The van der Waals surface area contributed by atoms with Gasteiger partial charge in [-0.15, -0.1) is 0 Å². The van der Waals surface area contributed by atoms with Gasteiger partial charge in [0.05, 0.1) is 37.3 Å². The van der Waals surface area contributed by atoms with Gasteiger partial charge >= 0.3 is 0 Å². The highest BCUT2D eigenvalue weighted by Crippen LogP contribution is 2.18. The smallest absolute Gasteiger partial charge is 0.254 e. The molecule has 0 aliphatic carbocycles. The minimum atomic E-state index is 0.0521. The summed E-state index contributed by atoms with van der Waals surface area (Å²) < 4.78 is 10.7. The summed E-state index contributed by atoms with van der Waals surface area (Å²) in [5.74, 6) is 0.0538. The summed E-state index contributed by atoms with van der Waals surface area (Å²) in [4.78, 5) is 23.6. The van der Waals surface area contributed by atoms with Crippen molar-refractivity contribution in [2.75, 3.05) is 26.9 Å². The topological polar surface area (TPSA) is 64.5 Å². The summed E-state index contributed by atoms with van der Waals surface area (Å²) in [7, 11) is 1.66. The molecule has 138 valence electrons. The lowest BCUT2D eigenvalue weighted by atomic mass is 10.0. The van der Waals surface area contributed by atoms with E-state index in [9.17, 15) is 4.79 Å². The quantitative estimate of drug-likeness (QED) is 0.796. The molecule has 1 aromatic heterocycles. The molecule has 0 N–H and O–H groups in total. The molecule has 26 heavy (non-hydrogen) atoms. The standard InChI is InChI=1S/C20H25N3O3/c1-15-19(22-10-9-21-15)8-7-18-14-26-12-11-23(18)20(24)17-5-3-16(4-6-17)13-25-2/h3-6,9-10,18H,7-8,11-14H2,1-2H3. The Kier molecular flexibility index (Phi) is 6.30. The maximum absolute atomic E-state index is 13.0. The predicted molar refractivity (Wildman–Crippen MR) is 97.9 cm³/mol. The molecule has 6 nitrogen and oxygen atoms in total. The van der Waals surface area contributed by atoms with E-state index in [1.54, 1.807) is 19.5 Å². The lowest BCUT2D eigenvalue weighted by molar-refractivity contribution is -0.00414. The number of carbonyl (C=O) groups excluding carboxylic acids is 1. The fourth-order valence-corrected chi connectivity index (χ4v) is 3.22. The number of aryl methyl sites for hydroxylation is 2. The van der Waals surface area contributed by atoms with Crippen LogP contribution in [0, 0.1) is 6.92 Å². The van der Waals surface area contributed by atoms with Crippen molar-refractivity contribution in [1.29, 1.82) is 0 Å². The first kappa shape index (κ1) is 18.5. The summed E-state index contributed by atoms with van der Waals surface area (Å²) in [6.07, 6.45) is 5.01. The number of ether oxygens (including phenoxy) is 2. The second-order valence-electron chi connectivity index (χ2n) is 6.48. The van der Waals surface area contributed by atoms with Crippen LogP contribution in [0.4, 0.5) is 0 Å². The van der Waals surface area contributed by atoms with Gasteiger partial charge in [-0.25, -0.2) is 0 Å². The van der Waals surface area contributed by atoms with E-state index in [1.165, 1.54) is 0 Å². The van der Waals surface area contributed by atoms with Crippen molar-refractivity contribution in [2.45, 2.75) is 32.4 Å². The zero-order valence-corrected chi connectivity index (χ0v) is 15.4. The van der Waals surface area contributed by atoms with Gasteiger partial charge in [0.15, 0.2) is 0 Å². The molecule has 1 aliphatic rings. The van der Waals surface area contributed by atoms with Crippen LogP contribution >= 0.6 is 0 Å². The first-order valence-electron chi connectivity index (χ1n) is 8.92. The molecule has 1 unspecified atom stereocenters. The Morgan fingerprint density at radius 3 is 2.77 bits per heavy atom. The van der Waals surface area contributed by atoms with Crippen LogP contribution in [0.2, 0.25) is 0 Å². The average Bonchev–Trinajstić information content (AvgIpc) is 2.68. The summed E-state index contributed by atoms with van der Waals surface area (Å²) >= 11 is 0. The summed E-state index contributed by atoms with van der Waals surface area (Å²) in [5, 5.41) is 0. The number of methoxy groups -OCH3 is 1. The lowest BCUT2D eigenvalue weighted by Crippen LogP contribution is -2.48. The second kappa shape index (κ2) is 8.87. The molecule has 6 heteroatoms. The van der Waals surface area contributed by atoms with E-state index in [0.29, 0.717) is 31.9 Å². The highest BCUT2D eigenvalue weighted by Gasteiger charge is 2.28. The number of rotatable bonds is 6. The van der Waals surface area contributed by atoms with Gasteiger partial charge in [0.2, 0.25) is 0 Å². The van der Waals surface area contributed by atoms with Crippen molar-refractivity contribution < 1.29 is 14.3 Å². The molecule has 1 aliphatic heterocycles. The van der Waals surface area contributed by atoms with E-state index in [4.69, 9.17) is 9.47 Å². The molecular weight excluding hydrogens is 330 g/mol. The molecule has 1 fully saturated rings. The lowest BCUT2D eigenvalue weighted by Gasteiger charge is -2.36. The van der Waals surface area contributed by atoms with Gasteiger partial charge in [0, 0.05) is 31.6 Å². The van der Waals surface area contributed by atoms with Crippen molar-refractivity contribution in [2.24, 2.45) is 0 Å². The average molecular weight is 355 g/mol. The molecule has 3 rings (SSSR count). The third-order valence-corrected chi connectivity index (χ3v) is 4.70. The largest absolute Gasteiger partial charge is 0.380 e. The number of nitrogens with zero attached hydrogens (tertiary/aromatic N) is 3. The van der Waals surface area contributed by atoms with Crippen molar-refractivity contribution in [3.8, 4) is 0 Å². The SMILES string of the molecule is COCc1ccc(C(=O)N2CCOCC2CCc2nccnc2C)cc1.